The molecule has 0 atom stereocenters. The average molecular weight is 479 g/mol. The predicted molar refractivity (Wildman–Crippen MR) is 137 cm³/mol. The molecule has 9 nitrogen and oxygen atoms in total. The first kappa shape index (κ1) is 23.4. The molecule has 0 bridgehead atoms. The molecule has 1 aromatic carbocycles. The number of amides is 1. The van der Waals surface area contributed by atoms with Gasteiger partial charge in [0, 0.05) is 44.0 Å². The number of fused-ring (bicyclic) bond motifs is 2. The Kier molecular flexibility index (Phi) is 7.06. The number of likely N-dealkylation sites (tertiary alicyclic amines) is 1. The lowest BCUT2D eigenvalue weighted by Crippen LogP contribution is -2.50. The normalized spacial score (nSPS) is 18.5. The second kappa shape index (κ2) is 10.5. The molecule has 1 saturated heterocycles. The Balaban J connectivity index is 1.11. The topological polar surface area (TPSA) is 96.2 Å². The summed E-state index contributed by atoms with van der Waals surface area (Å²) in [6.07, 6.45) is 5.70. The number of anilines is 3. The Morgan fingerprint density at radius 2 is 1.91 bits per heavy atom. The van der Waals surface area contributed by atoms with Crippen molar-refractivity contribution in [2.75, 3.05) is 68.0 Å². The van der Waals surface area contributed by atoms with Crippen LogP contribution in [0, 0.1) is 0 Å². The first-order chi connectivity index (χ1) is 17.1. The maximum atomic E-state index is 12.9. The predicted octanol–water partition coefficient (Wildman–Crippen LogP) is 2.03. The van der Waals surface area contributed by atoms with E-state index in [9.17, 15) is 4.79 Å². The molecule has 0 spiro atoms. The summed E-state index contributed by atoms with van der Waals surface area (Å²) in [4.78, 5) is 23.8. The molecule has 0 radical (unpaired) electrons. The number of piperidine rings is 1. The summed E-state index contributed by atoms with van der Waals surface area (Å²) in [7, 11) is 0. The smallest absolute Gasteiger partial charge is 0.246 e. The van der Waals surface area contributed by atoms with Gasteiger partial charge in [-0.2, -0.15) is 0 Å². The van der Waals surface area contributed by atoms with E-state index in [4.69, 9.17) is 15.2 Å². The molecule has 0 aliphatic carbocycles. The van der Waals surface area contributed by atoms with Crippen molar-refractivity contribution in [2.24, 2.45) is 0 Å². The van der Waals surface area contributed by atoms with E-state index < -0.39 is 0 Å². The van der Waals surface area contributed by atoms with Crippen LogP contribution in [0.3, 0.4) is 0 Å². The number of benzene rings is 1. The number of carbonyl (C=O) groups excluding carboxylic acids is 1. The number of hydrogen-bond donors (Lipinski definition) is 2. The first-order valence-electron chi connectivity index (χ1n) is 12.4. The van der Waals surface area contributed by atoms with E-state index >= 15 is 0 Å². The third-order valence-corrected chi connectivity index (χ3v) is 6.89. The SMILES string of the molecule is C=CCN1CC(=O)N(CCN2CCC(NCc3cc4c(cn3)OCCO4)CC2)c2cc(N)ccc21. The van der Waals surface area contributed by atoms with E-state index in [1.165, 1.54) is 0 Å². The van der Waals surface area contributed by atoms with E-state index in [0.29, 0.717) is 51.1 Å². The number of aromatic nitrogens is 1. The number of hydrogen-bond acceptors (Lipinski definition) is 8. The molecule has 3 aliphatic heterocycles. The number of pyridine rings is 1. The van der Waals surface area contributed by atoms with Crippen LogP contribution in [-0.4, -0.2) is 74.3 Å². The standard InChI is InChI=1S/C26H34N6O3/c1-2-7-31-18-26(33)32(23-14-19(27)3-4-22(23)31)11-10-30-8-5-20(6-9-30)28-16-21-15-24-25(17-29-21)35-13-12-34-24/h2-4,14-15,17,20,28H,1,5-13,16,18,27H2. The minimum atomic E-state index is 0.105. The molecular formula is C26H34N6O3. The molecule has 4 heterocycles. The van der Waals surface area contributed by atoms with Gasteiger partial charge in [-0.25, -0.2) is 0 Å². The van der Waals surface area contributed by atoms with E-state index in [0.717, 1.165) is 61.0 Å². The Morgan fingerprint density at radius 3 is 2.71 bits per heavy atom. The molecule has 0 saturated carbocycles. The fourth-order valence-corrected chi connectivity index (χ4v) is 4.99. The van der Waals surface area contributed by atoms with Gasteiger partial charge in [0.1, 0.15) is 13.2 Å². The first-order valence-corrected chi connectivity index (χ1v) is 12.4. The average Bonchev–Trinajstić information content (AvgIpc) is 2.88. The van der Waals surface area contributed by atoms with Crippen molar-refractivity contribution in [3.63, 3.8) is 0 Å². The van der Waals surface area contributed by atoms with Crippen LogP contribution in [0.2, 0.25) is 0 Å². The lowest BCUT2D eigenvalue weighted by Gasteiger charge is -2.39. The Morgan fingerprint density at radius 1 is 1.11 bits per heavy atom. The van der Waals surface area contributed by atoms with Crippen LogP contribution >= 0.6 is 0 Å². The highest BCUT2D eigenvalue weighted by molar-refractivity contribution is 6.03. The summed E-state index contributed by atoms with van der Waals surface area (Å²) >= 11 is 0. The monoisotopic (exact) mass is 478 g/mol. The molecule has 1 aromatic heterocycles. The van der Waals surface area contributed by atoms with Crippen molar-refractivity contribution in [1.82, 2.24) is 15.2 Å². The molecule has 3 aliphatic rings. The van der Waals surface area contributed by atoms with Crippen LogP contribution in [0.4, 0.5) is 17.1 Å². The third kappa shape index (κ3) is 5.36. The van der Waals surface area contributed by atoms with Gasteiger partial charge in [-0.15, -0.1) is 6.58 Å². The van der Waals surface area contributed by atoms with Gasteiger partial charge >= 0.3 is 0 Å². The largest absolute Gasteiger partial charge is 0.486 e. The summed E-state index contributed by atoms with van der Waals surface area (Å²) in [5, 5.41) is 3.64. The fourth-order valence-electron chi connectivity index (χ4n) is 4.99. The van der Waals surface area contributed by atoms with Gasteiger partial charge in [0.05, 0.1) is 29.8 Å². The zero-order chi connectivity index (χ0) is 24.2. The molecule has 1 fully saturated rings. The van der Waals surface area contributed by atoms with Crippen molar-refractivity contribution in [3.05, 3.63) is 48.8 Å². The summed E-state index contributed by atoms with van der Waals surface area (Å²) < 4.78 is 11.2. The second-order valence-corrected chi connectivity index (χ2v) is 9.28. The quantitative estimate of drug-likeness (QED) is 0.440. The van der Waals surface area contributed by atoms with Crippen molar-refractivity contribution >= 4 is 23.0 Å². The van der Waals surface area contributed by atoms with Gasteiger partial charge < -0.3 is 35.2 Å². The maximum Gasteiger partial charge on any atom is 0.246 e. The Labute approximate surface area is 206 Å². The molecule has 5 rings (SSSR count). The van der Waals surface area contributed by atoms with E-state index in [1.807, 2.05) is 40.1 Å². The van der Waals surface area contributed by atoms with Gasteiger partial charge in [0.2, 0.25) is 5.91 Å². The van der Waals surface area contributed by atoms with Gasteiger partial charge in [-0.05, 0) is 44.1 Å². The lowest BCUT2D eigenvalue weighted by atomic mass is 10.0. The zero-order valence-corrected chi connectivity index (χ0v) is 20.1. The highest BCUT2D eigenvalue weighted by Gasteiger charge is 2.29. The number of nitrogens with one attached hydrogen (secondary N) is 1. The molecule has 186 valence electrons. The number of carbonyl (C=O) groups is 1. The van der Waals surface area contributed by atoms with Crippen LogP contribution in [0.25, 0.3) is 0 Å². The van der Waals surface area contributed by atoms with Crippen molar-refractivity contribution in [3.8, 4) is 11.5 Å². The van der Waals surface area contributed by atoms with E-state index in [1.54, 1.807) is 6.20 Å². The van der Waals surface area contributed by atoms with E-state index in [-0.39, 0.29) is 5.91 Å². The Bertz CT molecular complexity index is 1070. The fraction of sp³-hybridized carbons (Fsp3) is 0.462. The van der Waals surface area contributed by atoms with Crippen molar-refractivity contribution in [2.45, 2.75) is 25.4 Å². The summed E-state index contributed by atoms with van der Waals surface area (Å²) in [5.41, 5.74) is 9.62. The maximum absolute atomic E-state index is 12.9. The second-order valence-electron chi connectivity index (χ2n) is 9.28. The molecule has 35 heavy (non-hydrogen) atoms. The highest BCUT2D eigenvalue weighted by Crippen LogP contribution is 2.35. The minimum absolute atomic E-state index is 0.105. The molecule has 9 heteroatoms. The lowest BCUT2D eigenvalue weighted by molar-refractivity contribution is -0.117. The molecular weight excluding hydrogens is 444 g/mol. The number of rotatable bonds is 8. The molecule has 0 unspecified atom stereocenters. The summed E-state index contributed by atoms with van der Waals surface area (Å²) in [5.74, 6) is 1.61. The number of nitrogens with zero attached hydrogens (tertiary/aromatic N) is 4. The summed E-state index contributed by atoms with van der Waals surface area (Å²) in [6.45, 7) is 10.2. The molecule has 2 aromatic rings. The van der Waals surface area contributed by atoms with Gasteiger partial charge in [0.15, 0.2) is 11.5 Å². The van der Waals surface area contributed by atoms with Crippen molar-refractivity contribution in [1.29, 1.82) is 0 Å². The van der Waals surface area contributed by atoms with Crippen LogP contribution in [0.5, 0.6) is 11.5 Å². The van der Waals surface area contributed by atoms with Crippen molar-refractivity contribution < 1.29 is 14.3 Å². The van der Waals surface area contributed by atoms with Gasteiger partial charge in [-0.3, -0.25) is 9.78 Å². The van der Waals surface area contributed by atoms with Crippen LogP contribution in [0.15, 0.2) is 43.1 Å². The number of nitrogen functional groups attached to an aromatic ring is 1. The Hall–Kier alpha value is -3.30. The van der Waals surface area contributed by atoms with Gasteiger partial charge in [0.25, 0.3) is 0 Å². The molecule has 3 N–H and O–H groups in total. The van der Waals surface area contributed by atoms with Crippen LogP contribution in [0.1, 0.15) is 18.5 Å². The number of nitrogens with two attached hydrogens (primary N) is 1. The third-order valence-electron chi connectivity index (χ3n) is 6.89. The van der Waals surface area contributed by atoms with Gasteiger partial charge in [-0.1, -0.05) is 6.08 Å². The van der Waals surface area contributed by atoms with Crippen LogP contribution < -0.4 is 30.3 Å². The summed E-state index contributed by atoms with van der Waals surface area (Å²) in [6, 6.07) is 8.21. The minimum Gasteiger partial charge on any atom is -0.486 e. The number of ether oxygens (including phenoxy) is 2. The van der Waals surface area contributed by atoms with Crippen LogP contribution in [-0.2, 0) is 11.3 Å². The highest BCUT2D eigenvalue weighted by atomic mass is 16.6. The zero-order valence-electron chi connectivity index (χ0n) is 20.1. The molecule has 1 amide bonds. The van der Waals surface area contributed by atoms with E-state index in [2.05, 4.69) is 21.8 Å².